The lowest BCUT2D eigenvalue weighted by molar-refractivity contribution is 0.335. The summed E-state index contributed by atoms with van der Waals surface area (Å²) in [7, 11) is -3.31. The molecule has 1 N–H and O–H groups in total. The lowest BCUT2D eigenvalue weighted by Crippen LogP contribution is -2.15. The van der Waals surface area contributed by atoms with Crippen LogP contribution in [0.3, 0.4) is 0 Å². The van der Waals surface area contributed by atoms with E-state index in [1.807, 2.05) is 79.7 Å². The summed E-state index contributed by atoms with van der Waals surface area (Å²) in [5.41, 5.74) is 0.885. The van der Waals surface area contributed by atoms with Crippen LogP contribution in [0.5, 0.6) is 5.75 Å². The molecule has 0 aliphatic rings. The molecule has 0 aliphatic heterocycles. The number of aromatic hydroxyl groups is 1. The predicted molar refractivity (Wildman–Crippen MR) is 102 cm³/mol. The second-order valence-electron chi connectivity index (χ2n) is 5.72. The van der Waals surface area contributed by atoms with E-state index in [9.17, 15) is 9.67 Å². The van der Waals surface area contributed by atoms with E-state index in [1.54, 1.807) is 12.1 Å². The number of phenols is 1. The van der Waals surface area contributed by atoms with Gasteiger partial charge in [0.15, 0.2) is 0 Å². The molecule has 3 aromatic carbocycles. The van der Waals surface area contributed by atoms with Crippen LogP contribution in [0.15, 0.2) is 84.9 Å². The number of rotatable bonds is 6. The first-order valence-electron chi connectivity index (χ1n) is 8.29. The summed E-state index contributed by atoms with van der Waals surface area (Å²) in [5.74, 6) is 0.118. The van der Waals surface area contributed by atoms with Crippen molar-refractivity contribution in [1.29, 1.82) is 0 Å². The van der Waals surface area contributed by atoms with Crippen LogP contribution in [0.4, 0.5) is 0 Å². The average molecular weight is 352 g/mol. The van der Waals surface area contributed by atoms with Gasteiger partial charge in [0, 0.05) is 10.9 Å². The van der Waals surface area contributed by atoms with E-state index in [-0.39, 0.29) is 5.75 Å². The fourth-order valence-corrected chi connectivity index (χ4v) is 5.76. The van der Waals surface area contributed by atoms with Gasteiger partial charge >= 0.3 is 0 Å². The van der Waals surface area contributed by atoms with Crippen molar-refractivity contribution in [3.8, 4) is 5.75 Å². The third-order valence-electron chi connectivity index (χ3n) is 4.12. The van der Waals surface area contributed by atoms with Crippen molar-refractivity contribution >= 4 is 12.7 Å². The second-order valence-corrected chi connectivity index (χ2v) is 8.21. The van der Waals surface area contributed by atoms with Gasteiger partial charge in [0.2, 0.25) is 7.37 Å². The number of para-hydroxylation sites is 1. The zero-order valence-electron chi connectivity index (χ0n) is 14.1. The van der Waals surface area contributed by atoms with Crippen LogP contribution >= 0.6 is 7.37 Å². The largest absolute Gasteiger partial charge is 0.508 e. The third kappa shape index (κ3) is 3.53. The van der Waals surface area contributed by atoms with Crippen LogP contribution < -0.4 is 5.30 Å². The molecule has 0 saturated carbocycles. The molecule has 0 spiro atoms. The van der Waals surface area contributed by atoms with Gasteiger partial charge in [-0.25, -0.2) is 0 Å². The third-order valence-corrected chi connectivity index (χ3v) is 7.04. The second kappa shape index (κ2) is 7.69. The lowest BCUT2D eigenvalue weighted by Gasteiger charge is -2.29. The standard InChI is InChI=1S/C21H21O3P/c1-2-24-25(23,18-13-7-4-8-14-18)21(17-11-5-3-6-12-17)19-15-9-10-16-20(19)22/h3-16,21-22H,2H2,1H3/t21-,25+/m0/s1. The maximum Gasteiger partial charge on any atom is 0.243 e. The molecule has 128 valence electrons. The summed E-state index contributed by atoms with van der Waals surface area (Å²) in [6, 6.07) is 25.8. The molecule has 0 aromatic heterocycles. The molecule has 4 heteroatoms. The van der Waals surface area contributed by atoms with Gasteiger partial charge in [-0.2, -0.15) is 0 Å². The molecular weight excluding hydrogens is 331 g/mol. The summed E-state index contributed by atoms with van der Waals surface area (Å²) in [4.78, 5) is 0. The lowest BCUT2D eigenvalue weighted by atomic mass is 10.0. The van der Waals surface area contributed by atoms with Gasteiger partial charge in [-0.05, 0) is 30.7 Å². The topological polar surface area (TPSA) is 46.5 Å². The van der Waals surface area contributed by atoms with Crippen molar-refractivity contribution in [3.63, 3.8) is 0 Å². The maximum atomic E-state index is 14.1. The quantitative estimate of drug-likeness (QED) is 0.626. The Morgan fingerprint density at radius 1 is 0.880 bits per heavy atom. The molecule has 25 heavy (non-hydrogen) atoms. The molecule has 0 heterocycles. The molecule has 0 radical (unpaired) electrons. The number of hydrogen-bond donors (Lipinski definition) is 1. The molecule has 0 bridgehead atoms. The van der Waals surface area contributed by atoms with Crippen LogP contribution in [0.25, 0.3) is 0 Å². The van der Waals surface area contributed by atoms with Gasteiger partial charge in [-0.1, -0.05) is 66.7 Å². The van der Waals surface area contributed by atoms with E-state index in [2.05, 4.69) is 0 Å². The molecule has 3 aromatic rings. The fourth-order valence-electron chi connectivity index (χ4n) is 3.04. The van der Waals surface area contributed by atoms with Crippen molar-refractivity contribution < 1.29 is 14.2 Å². The minimum atomic E-state index is -3.31. The van der Waals surface area contributed by atoms with Crippen molar-refractivity contribution in [3.05, 3.63) is 96.1 Å². The van der Waals surface area contributed by atoms with E-state index >= 15 is 0 Å². The van der Waals surface area contributed by atoms with Crippen LogP contribution in [0, 0.1) is 0 Å². The summed E-state index contributed by atoms with van der Waals surface area (Å²) >= 11 is 0. The average Bonchev–Trinajstić information content (AvgIpc) is 2.65. The summed E-state index contributed by atoms with van der Waals surface area (Å²) in [5, 5.41) is 11.1. The SMILES string of the molecule is CCO[P@](=O)(c1ccccc1)[C@@H](c1ccccc1)c1ccccc1O. The van der Waals surface area contributed by atoms with Crippen LogP contribution in [0.2, 0.25) is 0 Å². The Morgan fingerprint density at radius 2 is 1.44 bits per heavy atom. The molecule has 0 fully saturated rings. The Morgan fingerprint density at radius 3 is 2.04 bits per heavy atom. The van der Waals surface area contributed by atoms with Crippen molar-refractivity contribution in [2.75, 3.05) is 6.61 Å². The number of benzene rings is 3. The van der Waals surface area contributed by atoms with Gasteiger partial charge in [-0.3, -0.25) is 4.57 Å². The summed E-state index contributed by atoms with van der Waals surface area (Å²) < 4.78 is 20.0. The Kier molecular flexibility index (Phi) is 5.37. The highest BCUT2D eigenvalue weighted by Crippen LogP contribution is 2.62. The van der Waals surface area contributed by atoms with Crippen molar-refractivity contribution in [1.82, 2.24) is 0 Å². The Bertz CT molecular complexity index is 863. The minimum Gasteiger partial charge on any atom is -0.508 e. The molecular formula is C21H21O3P. The fraction of sp³-hybridized carbons (Fsp3) is 0.143. The molecule has 0 unspecified atom stereocenters. The van der Waals surface area contributed by atoms with Gasteiger partial charge in [0.25, 0.3) is 0 Å². The Hall–Kier alpha value is -2.35. The smallest absolute Gasteiger partial charge is 0.243 e. The first-order valence-corrected chi connectivity index (χ1v) is 9.99. The predicted octanol–water partition coefficient (Wildman–Crippen LogP) is 5.12. The monoisotopic (exact) mass is 352 g/mol. The highest BCUT2D eigenvalue weighted by molar-refractivity contribution is 7.67. The first kappa shape index (κ1) is 17.5. The summed E-state index contributed by atoms with van der Waals surface area (Å²) in [6.45, 7) is 2.16. The zero-order chi connectivity index (χ0) is 17.7. The normalized spacial score (nSPS) is 14.6. The minimum absolute atomic E-state index is 0.118. The van der Waals surface area contributed by atoms with Gasteiger partial charge < -0.3 is 9.63 Å². The number of phenolic OH excluding ortho intramolecular Hbond substituents is 1. The highest BCUT2D eigenvalue weighted by Gasteiger charge is 2.39. The highest BCUT2D eigenvalue weighted by atomic mass is 31.2. The van der Waals surface area contributed by atoms with Crippen LogP contribution in [-0.4, -0.2) is 11.7 Å². The summed E-state index contributed by atoms with van der Waals surface area (Å²) in [6.07, 6.45) is 0. The van der Waals surface area contributed by atoms with E-state index in [4.69, 9.17) is 4.52 Å². The van der Waals surface area contributed by atoms with E-state index in [0.717, 1.165) is 5.56 Å². The Balaban J connectivity index is 2.26. The van der Waals surface area contributed by atoms with E-state index in [1.165, 1.54) is 0 Å². The first-order chi connectivity index (χ1) is 12.2. The van der Waals surface area contributed by atoms with Crippen LogP contribution in [0.1, 0.15) is 23.7 Å². The zero-order valence-corrected chi connectivity index (χ0v) is 15.0. The van der Waals surface area contributed by atoms with Gasteiger partial charge in [0.05, 0.1) is 12.3 Å². The van der Waals surface area contributed by atoms with Crippen molar-refractivity contribution in [2.45, 2.75) is 12.6 Å². The molecule has 0 amide bonds. The molecule has 0 aliphatic carbocycles. The maximum absolute atomic E-state index is 14.1. The van der Waals surface area contributed by atoms with E-state index < -0.39 is 13.0 Å². The van der Waals surface area contributed by atoms with Crippen molar-refractivity contribution in [2.24, 2.45) is 0 Å². The molecule has 3 rings (SSSR count). The van der Waals surface area contributed by atoms with Crippen LogP contribution in [-0.2, 0) is 9.09 Å². The number of hydrogen-bond acceptors (Lipinski definition) is 3. The van der Waals surface area contributed by atoms with E-state index in [0.29, 0.717) is 17.5 Å². The molecule has 2 atom stereocenters. The molecule has 3 nitrogen and oxygen atoms in total. The molecule has 0 saturated heterocycles. The Labute approximate surface area is 148 Å². The van der Waals surface area contributed by atoms with Gasteiger partial charge in [-0.15, -0.1) is 0 Å². The van der Waals surface area contributed by atoms with Gasteiger partial charge in [0.1, 0.15) is 5.75 Å².